The maximum Gasteiger partial charge on any atom is 0.257 e. The van der Waals surface area contributed by atoms with Crippen molar-refractivity contribution in [3.8, 4) is 11.4 Å². The van der Waals surface area contributed by atoms with Gasteiger partial charge in [-0.2, -0.15) is 4.80 Å². The molecule has 0 aliphatic heterocycles. The fourth-order valence-corrected chi connectivity index (χ4v) is 4.30. The lowest BCUT2D eigenvalue weighted by Crippen LogP contribution is -2.34. The SMILES string of the molecule is CCN(CC)c1ccc(-n2nc3cc(C)c(NC(=S)NC(=O)c4ccc(OC)c(Cl)c4)cc3n2)cc1. The molecule has 0 bridgehead atoms. The lowest BCUT2D eigenvalue weighted by Gasteiger charge is -2.20. The molecule has 36 heavy (non-hydrogen) atoms. The van der Waals surface area contributed by atoms with E-state index in [0.717, 1.165) is 41.2 Å². The molecule has 0 aliphatic rings. The number of aryl methyl sites for hydroxylation is 1. The summed E-state index contributed by atoms with van der Waals surface area (Å²) in [4.78, 5) is 16.5. The molecule has 0 radical (unpaired) electrons. The Morgan fingerprint density at radius 3 is 2.33 bits per heavy atom. The van der Waals surface area contributed by atoms with Crippen molar-refractivity contribution in [2.75, 3.05) is 30.4 Å². The lowest BCUT2D eigenvalue weighted by atomic mass is 10.2. The number of nitrogens with zero attached hydrogens (tertiary/aromatic N) is 4. The van der Waals surface area contributed by atoms with E-state index in [1.807, 2.05) is 31.2 Å². The van der Waals surface area contributed by atoms with Crippen LogP contribution in [-0.4, -0.2) is 46.2 Å². The van der Waals surface area contributed by atoms with Crippen LogP contribution in [0.2, 0.25) is 5.02 Å². The third-order valence-corrected chi connectivity index (χ3v) is 6.32. The minimum absolute atomic E-state index is 0.161. The molecule has 0 unspecified atom stereocenters. The van der Waals surface area contributed by atoms with Gasteiger partial charge in [0.05, 0.1) is 17.8 Å². The maximum absolute atomic E-state index is 12.6. The minimum Gasteiger partial charge on any atom is -0.495 e. The van der Waals surface area contributed by atoms with E-state index in [1.165, 1.54) is 13.2 Å². The lowest BCUT2D eigenvalue weighted by molar-refractivity contribution is 0.0977. The first kappa shape index (κ1) is 25.4. The van der Waals surface area contributed by atoms with Crippen molar-refractivity contribution in [1.82, 2.24) is 20.3 Å². The Hall–Kier alpha value is -3.69. The van der Waals surface area contributed by atoms with Gasteiger partial charge in [0.15, 0.2) is 5.11 Å². The Labute approximate surface area is 220 Å². The van der Waals surface area contributed by atoms with Gasteiger partial charge < -0.3 is 15.0 Å². The van der Waals surface area contributed by atoms with Crippen LogP contribution in [0.25, 0.3) is 16.7 Å². The molecule has 10 heteroatoms. The summed E-state index contributed by atoms with van der Waals surface area (Å²) in [6.07, 6.45) is 0. The number of nitrogens with one attached hydrogen (secondary N) is 2. The van der Waals surface area contributed by atoms with Crippen LogP contribution in [0, 0.1) is 6.92 Å². The van der Waals surface area contributed by atoms with E-state index < -0.39 is 0 Å². The number of amides is 1. The highest BCUT2D eigenvalue weighted by Crippen LogP contribution is 2.25. The largest absolute Gasteiger partial charge is 0.495 e. The zero-order valence-corrected chi connectivity index (χ0v) is 22.1. The molecule has 8 nitrogen and oxygen atoms in total. The summed E-state index contributed by atoms with van der Waals surface area (Å²) in [5.41, 5.74) is 5.50. The van der Waals surface area contributed by atoms with Crippen LogP contribution in [0.3, 0.4) is 0 Å². The number of benzene rings is 3. The Morgan fingerprint density at radius 1 is 1.06 bits per heavy atom. The zero-order valence-electron chi connectivity index (χ0n) is 20.5. The smallest absolute Gasteiger partial charge is 0.257 e. The molecular weight excluding hydrogens is 496 g/mol. The topological polar surface area (TPSA) is 84.3 Å². The fraction of sp³-hybridized carbons (Fsp3) is 0.231. The molecule has 1 amide bonds. The molecule has 0 fully saturated rings. The highest BCUT2D eigenvalue weighted by molar-refractivity contribution is 7.80. The normalized spacial score (nSPS) is 10.8. The molecule has 3 aromatic carbocycles. The second-order valence-corrected chi connectivity index (χ2v) is 8.91. The Kier molecular flexibility index (Phi) is 7.71. The molecule has 0 atom stereocenters. The molecule has 0 saturated heterocycles. The number of ether oxygens (including phenoxy) is 1. The number of carbonyl (C=O) groups is 1. The van der Waals surface area contributed by atoms with E-state index in [9.17, 15) is 4.79 Å². The van der Waals surface area contributed by atoms with Crippen LogP contribution in [0.4, 0.5) is 11.4 Å². The number of halogens is 1. The van der Waals surface area contributed by atoms with E-state index in [4.69, 9.17) is 28.6 Å². The number of anilines is 2. The van der Waals surface area contributed by atoms with Crippen LogP contribution >= 0.6 is 23.8 Å². The molecule has 2 N–H and O–H groups in total. The van der Waals surface area contributed by atoms with Crippen molar-refractivity contribution >= 4 is 57.2 Å². The van der Waals surface area contributed by atoms with Gasteiger partial charge in [0.1, 0.15) is 16.8 Å². The van der Waals surface area contributed by atoms with Crippen molar-refractivity contribution in [2.24, 2.45) is 0 Å². The maximum atomic E-state index is 12.6. The summed E-state index contributed by atoms with van der Waals surface area (Å²) in [5.74, 6) is 0.112. The standard InChI is InChI=1S/C26H27ClN6O2S/c1-5-32(6-2)18-8-10-19(11-9-18)33-30-22-13-16(3)21(15-23(22)31-33)28-26(36)29-25(34)17-7-12-24(35-4)20(27)14-17/h7-15H,5-6H2,1-4H3,(H2,28,29,34,36). The average molecular weight is 523 g/mol. The molecule has 0 spiro atoms. The fourth-order valence-electron chi connectivity index (χ4n) is 3.84. The zero-order chi connectivity index (χ0) is 25.8. The van der Waals surface area contributed by atoms with E-state index >= 15 is 0 Å². The van der Waals surface area contributed by atoms with Crippen LogP contribution in [0.15, 0.2) is 54.6 Å². The summed E-state index contributed by atoms with van der Waals surface area (Å²) < 4.78 is 5.13. The third-order valence-electron chi connectivity index (χ3n) is 5.82. The molecule has 0 aliphatic carbocycles. The second kappa shape index (κ2) is 10.9. The quantitative estimate of drug-likeness (QED) is 0.316. The van der Waals surface area contributed by atoms with Gasteiger partial charge in [0.2, 0.25) is 0 Å². The molecule has 1 heterocycles. The van der Waals surface area contributed by atoms with Gasteiger partial charge in [-0.05, 0) is 93.1 Å². The molecular formula is C26H27ClN6O2S. The van der Waals surface area contributed by atoms with Gasteiger partial charge in [0, 0.05) is 30.0 Å². The van der Waals surface area contributed by atoms with Crippen molar-refractivity contribution in [3.63, 3.8) is 0 Å². The van der Waals surface area contributed by atoms with E-state index in [1.54, 1.807) is 16.9 Å². The molecule has 4 aromatic rings. The number of rotatable bonds is 7. The van der Waals surface area contributed by atoms with Crippen LogP contribution < -0.4 is 20.3 Å². The van der Waals surface area contributed by atoms with Gasteiger partial charge >= 0.3 is 0 Å². The van der Waals surface area contributed by atoms with Gasteiger partial charge in [0.25, 0.3) is 5.91 Å². The van der Waals surface area contributed by atoms with E-state index in [-0.39, 0.29) is 11.0 Å². The number of hydrogen-bond acceptors (Lipinski definition) is 6. The predicted octanol–water partition coefficient (Wildman–Crippen LogP) is 5.36. The first-order valence-corrected chi connectivity index (χ1v) is 12.3. The monoisotopic (exact) mass is 522 g/mol. The van der Waals surface area contributed by atoms with E-state index in [2.05, 4.69) is 51.7 Å². The number of fused-ring (bicyclic) bond motifs is 1. The number of carbonyl (C=O) groups excluding carboxylic acids is 1. The van der Waals surface area contributed by atoms with Crippen molar-refractivity contribution in [1.29, 1.82) is 0 Å². The highest BCUT2D eigenvalue weighted by Gasteiger charge is 2.13. The Balaban J connectivity index is 1.49. The van der Waals surface area contributed by atoms with Crippen LogP contribution in [0.1, 0.15) is 29.8 Å². The number of aromatic nitrogens is 3. The highest BCUT2D eigenvalue weighted by atomic mass is 35.5. The van der Waals surface area contributed by atoms with Crippen molar-refractivity contribution in [2.45, 2.75) is 20.8 Å². The molecule has 4 rings (SSSR count). The molecule has 1 aromatic heterocycles. The van der Waals surface area contributed by atoms with Gasteiger partial charge in [-0.15, -0.1) is 10.2 Å². The van der Waals surface area contributed by atoms with E-state index in [0.29, 0.717) is 21.9 Å². The Bertz CT molecular complexity index is 1420. The average Bonchev–Trinajstić information content (AvgIpc) is 3.28. The summed E-state index contributed by atoms with van der Waals surface area (Å²) in [6.45, 7) is 8.11. The number of thiocarbonyl (C=S) groups is 1. The summed E-state index contributed by atoms with van der Waals surface area (Å²) >= 11 is 11.5. The molecule has 186 valence electrons. The van der Waals surface area contributed by atoms with Crippen LogP contribution in [0.5, 0.6) is 5.75 Å². The number of hydrogen-bond donors (Lipinski definition) is 2. The number of methoxy groups -OCH3 is 1. The van der Waals surface area contributed by atoms with Crippen LogP contribution in [-0.2, 0) is 0 Å². The summed E-state index contributed by atoms with van der Waals surface area (Å²) in [7, 11) is 1.51. The second-order valence-electron chi connectivity index (χ2n) is 8.09. The summed E-state index contributed by atoms with van der Waals surface area (Å²) in [6, 6.07) is 16.7. The predicted molar refractivity (Wildman–Crippen MR) is 149 cm³/mol. The van der Waals surface area contributed by atoms with Gasteiger partial charge in [-0.3, -0.25) is 10.1 Å². The first-order chi connectivity index (χ1) is 17.3. The summed E-state index contributed by atoms with van der Waals surface area (Å²) in [5, 5.41) is 15.5. The minimum atomic E-state index is -0.380. The first-order valence-electron chi connectivity index (χ1n) is 11.5. The Morgan fingerprint density at radius 2 is 1.72 bits per heavy atom. The van der Waals surface area contributed by atoms with Crippen molar-refractivity contribution in [3.05, 3.63) is 70.7 Å². The van der Waals surface area contributed by atoms with Gasteiger partial charge in [-0.1, -0.05) is 11.6 Å². The van der Waals surface area contributed by atoms with Crippen molar-refractivity contribution < 1.29 is 9.53 Å². The molecule has 0 saturated carbocycles. The van der Waals surface area contributed by atoms with Gasteiger partial charge in [-0.25, -0.2) is 0 Å². The third kappa shape index (κ3) is 5.42.